The van der Waals surface area contributed by atoms with Gasteiger partial charge in [-0.1, -0.05) is 41.7 Å². The highest BCUT2D eigenvalue weighted by Crippen LogP contribution is 2.28. The zero-order valence-electron chi connectivity index (χ0n) is 14.7. The Morgan fingerprint density at radius 1 is 1.12 bits per heavy atom. The van der Waals surface area contributed by atoms with E-state index in [1.54, 1.807) is 12.1 Å². The van der Waals surface area contributed by atoms with Crippen molar-refractivity contribution in [2.45, 2.75) is 13.8 Å². The molecule has 0 atom stereocenters. The first-order valence-electron chi connectivity index (χ1n) is 7.95. The van der Waals surface area contributed by atoms with Crippen molar-refractivity contribution >= 4 is 48.3 Å². The van der Waals surface area contributed by atoms with E-state index in [1.165, 1.54) is 11.3 Å². The SMILES string of the molecule is Cc1ccccc1N(CC(=O)Nc1nc2c(C)cccc2s1)S(C)(=O)=O. The van der Waals surface area contributed by atoms with E-state index < -0.39 is 15.9 Å². The summed E-state index contributed by atoms with van der Waals surface area (Å²) >= 11 is 1.36. The van der Waals surface area contributed by atoms with E-state index in [0.29, 0.717) is 10.8 Å². The van der Waals surface area contributed by atoms with Crippen LogP contribution < -0.4 is 9.62 Å². The molecule has 136 valence electrons. The highest BCUT2D eigenvalue weighted by molar-refractivity contribution is 7.92. The molecule has 0 fully saturated rings. The monoisotopic (exact) mass is 389 g/mol. The second-order valence-corrected chi connectivity index (χ2v) is 8.98. The molecule has 0 radical (unpaired) electrons. The number of nitrogens with zero attached hydrogens (tertiary/aromatic N) is 2. The summed E-state index contributed by atoms with van der Waals surface area (Å²) in [6.45, 7) is 3.46. The summed E-state index contributed by atoms with van der Waals surface area (Å²) in [6.07, 6.45) is 1.09. The molecule has 0 aliphatic rings. The highest BCUT2D eigenvalue weighted by atomic mass is 32.2. The number of aryl methyl sites for hydroxylation is 2. The van der Waals surface area contributed by atoms with E-state index in [-0.39, 0.29) is 6.54 Å². The van der Waals surface area contributed by atoms with Crippen LogP contribution in [0.1, 0.15) is 11.1 Å². The lowest BCUT2D eigenvalue weighted by atomic mass is 10.2. The maximum atomic E-state index is 12.5. The van der Waals surface area contributed by atoms with Crippen LogP contribution in [0.25, 0.3) is 10.2 Å². The van der Waals surface area contributed by atoms with Crippen molar-refractivity contribution < 1.29 is 13.2 Å². The second kappa shape index (κ2) is 7.05. The molecule has 0 unspecified atom stereocenters. The number of benzene rings is 2. The van der Waals surface area contributed by atoms with Crippen LogP contribution in [0.5, 0.6) is 0 Å². The molecule has 6 nitrogen and oxygen atoms in total. The second-order valence-electron chi connectivity index (χ2n) is 6.04. The van der Waals surface area contributed by atoms with Gasteiger partial charge in [0.25, 0.3) is 0 Å². The Bertz CT molecular complexity index is 1070. The first-order valence-corrected chi connectivity index (χ1v) is 10.6. The Hall–Kier alpha value is -2.45. The number of hydrogen-bond acceptors (Lipinski definition) is 5. The fraction of sp³-hybridized carbons (Fsp3) is 0.222. The minimum atomic E-state index is -3.60. The van der Waals surface area contributed by atoms with Gasteiger partial charge in [-0.2, -0.15) is 0 Å². The normalized spacial score (nSPS) is 11.5. The van der Waals surface area contributed by atoms with Gasteiger partial charge < -0.3 is 5.32 Å². The first kappa shape index (κ1) is 18.3. The molecule has 8 heteroatoms. The van der Waals surface area contributed by atoms with Crippen LogP contribution in [0.15, 0.2) is 42.5 Å². The molecule has 0 aliphatic carbocycles. The van der Waals surface area contributed by atoms with Gasteiger partial charge >= 0.3 is 0 Å². The van der Waals surface area contributed by atoms with Gasteiger partial charge in [0.2, 0.25) is 15.9 Å². The van der Waals surface area contributed by atoms with E-state index >= 15 is 0 Å². The zero-order chi connectivity index (χ0) is 18.9. The van der Waals surface area contributed by atoms with E-state index in [1.807, 2.05) is 44.2 Å². The summed E-state index contributed by atoms with van der Waals surface area (Å²) < 4.78 is 26.5. The van der Waals surface area contributed by atoms with Gasteiger partial charge in [0.05, 0.1) is 22.2 Å². The molecule has 3 aromatic rings. The van der Waals surface area contributed by atoms with E-state index in [9.17, 15) is 13.2 Å². The standard InChI is InChI=1S/C18H19N3O3S2/c1-12-7-4-5-9-14(12)21(26(3,23)24)11-16(22)19-18-20-17-13(2)8-6-10-15(17)25-18/h4-10H,11H2,1-3H3,(H,19,20,22). The number of rotatable bonds is 5. The van der Waals surface area contributed by atoms with Crippen LogP contribution in [-0.4, -0.2) is 32.1 Å². The van der Waals surface area contributed by atoms with E-state index in [0.717, 1.165) is 31.9 Å². The lowest BCUT2D eigenvalue weighted by Gasteiger charge is -2.23. The summed E-state index contributed by atoms with van der Waals surface area (Å²) in [5, 5.41) is 3.17. The Morgan fingerprint density at radius 3 is 2.46 bits per heavy atom. The van der Waals surface area contributed by atoms with E-state index in [2.05, 4.69) is 10.3 Å². The summed E-state index contributed by atoms with van der Waals surface area (Å²) in [5.74, 6) is -0.435. The van der Waals surface area contributed by atoms with Crippen LogP contribution in [0.3, 0.4) is 0 Å². The molecule has 0 saturated carbocycles. The van der Waals surface area contributed by atoms with Crippen molar-refractivity contribution in [1.82, 2.24) is 4.98 Å². The molecule has 1 amide bonds. The Balaban J connectivity index is 1.84. The van der Waals surface area contributed by atoms with Gasteiger partial charge in [-0.15, -0.1) is 0 Å². The van der Waals surface area contributed by atoms with Crippen LogP contribution in [-0.2, 0) is 14.8 Å². The van der Waals surface area contributed by atoms with Crippen LogP contribution in [0.4, 0.5) is 10.8 Å². The Kier molecular flexibility index (Phi) is 4.97. The molecular weight excluding hydrogens is 370 g/mol. The van der Waals surface area contributed by atoms with E-state index in [4.69, 9.17) is 0 Å². The summed E-state index contributed by atoms with van der Waals surface area (Å²) in [7, 11) is -3.60. The van der Waals surface area contributed by atoms with Crippen LogP contribution in [0.2, 0.25) is 0 Å². The van der Waals surface area contributed by atoms with Crippen molar-refractivity contribution in [3.05, 3.63) is 53.6 Å². The van der Waals surface area contributed by atoms with Gasteiger partial charge in [0, 0.05) is 0 Å². The number of aromatic nitrogens is 1. The number of hydrogen-bond donors (Lipinski definition) is 1. The van der Waals surface area contributed by atoms with Gasteiger partial charge in [-0.3, -0.25) is 9.10 Å². The summed E-state index contributed by atoms with van der Waals surface area (Å²) in [4.78, 5) is 16.9. The molecule has 26 heavy (non-hydrogen) atoms. The molecule has 0 bridgehead atoms. The number of para-hydroxylation sites is 2. The van der Waals surface area contributed by atoms with Gasteiger partial charge in [0.15, 0.2) is 5.13 Å². The largest absolute Gasteiger partial charge is 0.300 e. The third kappa shape index (κ3) is 3.86. The molecule has 0 aliphatic heterocycles. The highest BCUT2D eigenvalue weighted by Gasteiger charge is 2.22. The lowest BCUT2D eigenvalue weighted by Crippen LogP contribution is -2.37. The molecule has 1 heterocycles. The Morgan fingerprint density at radius 2 is 1.81 bits per heavy atom. The smallest absolute Gasteiger partial charge is 0.246 e. The van der Waals surface area contributed by atoms with Gasteiger partial charge in [-0.25, -0.2) is 13.4 Å². The average molecular weight is 390 g/mol. The van der Waals surface area contributed by atoms with Crippen molar-refractivity contribution in [2.75, 3.05) is 22.4 Å². The molecular formula is C18H19N3O3S2. The minimum absolute atomic E-state index is 0.307. The Labute approximate surface area is 156 Å². The number of nitrogens with one attached hydrogen (secondary N) is 1. The first-order chi connectivity index (χ1) is 12.3. The van der Waals surface area contributed by atoms with Crippen LogP contribution >= 0.6 is 11.3 Å². The molecule has 1 N–H and O–H groups in total. The van der Waals surface area contributed by atoms with Crippen molar-refractivity contribution in [3.63, 3.8) is 0 Å². The molecule has 0 spiro atoms. The predicted molar refractivity (Wildman–Crippen MR) is 106 cm³/mol. The third-order valence-corrected chi connectivity index (χ3v) is 6.00. The predicted octanol–water partition coefficient (Wildman–Crippen LogP) is 3.32. The molecule has 2 aromatic carbocycles. The molecule has 1 aromatic heterocycles. The number of thiazole rings is 1. The average Bonchev–Trinajstić information content (AvgIpc) is 2.96. The number of carbonyl (C=O) groups is 1. The molecule has 0 saturated heterocycles. The third-order valence-electron chi connectivity index (χ3n) is 3.94. The maximum Gasteiger partial charge on any atom is 0.246 e. The van der Waals surface area contributed by atoms with Crippen molar-refractivity contribution in [3.8, 4) is 0 Å². The minimum Gasteiger partial charge on any atom is -0.300 e. The zero-order valence-corrected chi connectivity index (χ0v) is 16.3. The number of sulfonamides is 1. The summed E-state index contributed by atoms with van der Waals surface area (Å²) in [5.41, 5.74) is 3.13. The fourth-order valence-corrected chi connectivity index (χ4v) is 4.53. The maximum absolute atomic E-state index is 12.5. The van der Waals surface area contributed by atoms with Crippen molar-refractivity contribution in [2.24, 2.45) is 0 Å². The fourth-order valence-electron chi connectivity index (χ4n) is 2.65. The summed E-state index contributed by atoms with van der Waals surface area (Å²) in [6, 6.07) is 12.9. The van der Waals surface area contributed by atoms with Gasteiger partial charge in [-0.05, 0) is 37.1 Å². The van der Waals surface area contributed by atoms with Gasteiger partial charge in [0.1, 0.15) is 6.54 Å². The topological polar surface area (TPSA) is 79.4 Å². The van der Waals surface area contributed by atoms with Crippen molar-refractivity contribution in [1.29, 1.82) is 0 Å². The number of amides is 1. The number of carbonyl (C=O) groups excluding carboxylic acids is 1. The lowest BCUT2D eigenvalue weighted by molar-refractivity contribution is -0.114. The van der Waals surface area contributed by atoms with Crippen LogP contribution in [0, 0.1) is 13.8 Å². The molecule has 3 rings (SSSR count). The number of anilines is 2. The number of fused-ring (bicyclic) bond motifs is 1. The quantitative estimate of drug-likeness (QED) is 0.726.